The van der Waals surface area contributed by atoms with Crippen molar-refractivity contribution in [2.75, 3.05) is 13.1 Å². The van der Waals surface area contributed by atoms with E-state index >= 15 is 0 Å². The number of hydrogen-bond acceptors (Lipinski definition) is 4. The molecule has 6 atom stereocenters. The van der Waals surface area contributed by atoms with Crippen molar-refractivity contribution in [3.05, 3.63) is 0 Å². The van der Waals surface area contributed by atoms with Crippen LogP contribution in [0.2, 0.25) is 0 Å². The van der Waals surface area contributed by atoms with E-state index in [1.165, 1.54) is 6.42 Å². The molecule has 3 saturated heterocycles. The molecule has 0 aromatic heterocycles. The predicted octanol–water partition coefficient (Wildman–Crippen LogP) is 1.32. The van der Waals surface area contributed by atoms with Gasteiger partial charge in [0.05, 0.1) is 16.6 Å². The van der Waals surface area contributed by atoms with Gasteiger partial charge in [-0.3, -0.25) is 9.69 Å². The summed E-state index contributed by atoms with van der Waals surface area (Å²) in [6, 6.07) is 0. The van der Waals surface area contributed by atoms with Crippen LogP contribution in [0.25, 0.3) is 0 Å². The van der Waals surface area contributed by atoms with Crippen LogP contribution in [0.5, 0.6) is 0 Å². The SMILES string of the molecule is C[C@@]12C[C@@]34[C@@H]5CCCN3CCC[C@]4(O)[C@@H]1C[C@H]5OC2=O. The number of rotatable bonds is 0. The summed E-state index contributed by atoms with van der Waals surface area (Å²) >= 11 is 0. The van der Waals surface area contributed by atoms with E-state index in [1.807, 2.05) is 0 Å². The Labute approximate surface area is 119 Å². The molecule has 5 fully saturated rings. The zero-order valence-corrected chi connectivity index (χ0v) is 12.1. The summed E-state index contributed by atoms with van der Waals surface area (Å²) in [6.07, 6.45) is 6.00. The molecular weight excluding hydrogens is 254 g/mol. The van der Waals surface area contributed by atoms with E-state index < -0.39 is 11.0 Å². The number of ether oxygens (including phenoxy) is 1. The number of carbonyl (C=O) groups is 1. The largest absolute Gasteiger partial charge is 0.462 e. The van der Waals surface area contributed by atoms with Crippen LogP contribution in [0, 0.1) is 17.3 Å². The highest BCUT2D eigenvalue weighted by atomic mass is 16.5. The number of aliphatic hydroxyl groups is 1. The first-order valence-corrected chi connectivity index (χ1v) is 8.21. The molecule has 0 amide bonds. The Morgan fingerprint density at radius 2 is 2.15 bits per heavy atom. The van der Waals surface area contributed by atoms with E-state index in [2.05, 4.69) is 11.8 Å². The van der Waals surface area contributed by atoms with Crippen LogP contribution >= 0.6 is 0 Å². The predicted molar refractivity (Wildman–Crippen MR) is 71.9 cm³/mol. The molecule has 0 radical (unpaired) electrons. The summed E-state index contributed by atoms with van der Waals surface area (Å²) in [5.74, 6) is 0.426. The van der Waals surface area contributed by atoms with E-state index in [1.54, 1.807) is 0 Å². The zero-order chi connectivity index (χ0) is 13.8. The van der Waals surface area contributed by atoms with Gasteiger partial charge < -0.3 is 9.84 Å². The fraction of sp³-hybridized carbons (Fsp3) is 0.938. The average Bonchev–Trinajstić information content (AvgIpc) is 2.50. The molecule has 5 aliphatic rings. The Bertz CT molecular complexity index is 506. The first kappa shape index (κ1) is 12.0. The molecule has 3 bridgehead atoms. The van der Waals surface area contributed by atoms with Gasteiger partial charge in [-0.25, -0.2) is 0 Å². The summed E-state index contributed by atoms with van der Waals surface area (Å²) in [6.45, 7) is 4.22. The summed E-state index contributed by atoms with van der Waals surface area (Å²) in [5.41, 5.74) is -1.28. The summed E-state index contributed by atoms with van der Waals surface area (Å²) in [7, 11) is 0. The fourth-order valence-corrected chi connectivity index (χ4v) is 6.88. The van der Waals surface area contributed by atoms with Crippen LogP contribution in [-0.2, 0) is 9.53 Å². The van der Waals surface area contributed by atoms with Crippen LogP contribution in [0.3, 0.4) is 0 Å². The van der Waals surface area contributed by atoms with Gasteiger partial charge in [-0.1, -0.05) is 0 Å². The third-order valence-electron chi connectivity index (χ3n) is 7.48. The minimum Gasteiger partial charge on any atom is -0.462 e. The Morgan fingerprint density at radius 3 is 3.00 bits per heavy atom. The molecule has 5 rings (SSSR count). The molecule has 110 valence electrons. The van der Waals surface area contributed by atoms with Gasteiger partial charge in [-0.15, -0.1) is 0 Å². The molecule has 2 saturated carbocycles. The van der Waals surface area contributed by atoms with E-state index in [-0.39, 0.29) is 23.5 Å². The van der Waals surface area contributed by atoms with Gasteiger partial charge in [0.1, 0.15) is 6.10 Å². The van der Waals surface area contributed by atoms with E-state index in [9.17, 15) is 9.90 Å². The molecule has 1 spiro atoms. The molecule has 2 aliphatic carbocycles. The standard InChI is InChI=1S/C16H23NO3/c1-14-9-15-10-4-2-6-17(15)7-3-5-16(15,19)12(14)8-11(10)20-13(14)18/h10-12,19H,2-9H2,1H3/t10-,11-,12-,14-,15+,16+/m1/s1. The molecule has 4 nitrogen and oxygen atoms in total. The van der Waals surface area contributed by atoms with Crippen molar-refractivity contribution in [1.29, 1.82) is 0 Å². The highest BCUT2D eigenvalue weighted by Crippen LogP contribution is 2.71. The van der Waals surface area contributed by atoms with Crippen molar-refractivity contribution < 1.29 is 14.6 Å². The highest BCUT2D eigenvalue weighted by molar-refractivity contribution is 5.80. The van der Waals surface area contributed by atoms with Gasteiger partial charge in [0.25, 0.3) is 0 Å². The van der Waals surface area contributed by atoms with E-state index in [4.69, 9.17) is 4.74 Å². The number of esters is 1. The van der Waals surface area contributed by atoms with Gasteiger partial charge in [0, 0.05) is 11.8 Å². The minimum atomic E-state index is -0.652. The van der Waals surface area contributed by atoms with E-state index in [0.29, 0.717) is 5.92 Å². The summed E-state index contributed by atoms with van der Waals surface area (Å²) in [5, 5.41) is 11.6. The van der Waals surface area contributed by atoms with Crippen LogP contribution in [-0.4, -0.2) is 46.3 Å². The normalized spacial score (nSPS) is 60.3. The lowest BCUT2D eigenvalue weighted by molar-refractivity contribution is -0.247. The first-order chi connectivity index (χ1) is 9.52. The van der Waals surface area contributed by atoms with Gasteiger partial charge in [0.2, 0.25) is 0 Å². The molecule has 4 heteroatoms. The zero-order valence-electron chi connectivity index (χ0n) is 12.1. The van der Waals surface area contributed by atoms with Crippen molar-refractivity contribution >= 4 is 5.97 Å². The van der Waals surface area contributed by atoms with Gasteiger partial charge >= 0.3 is 5.97 Å². The number of hydrogen-bond donors (Lipinski definition) is 1. The third kappa shape index (κ3) is 0.970. The highest BCUT2D eigenvalue weighted by Gasteiger charge is 2.80. The molecule has 3 heterocycles. The van der Waals surface area contributed by atoms with Crippen LogP contribution in [0.15, 0.2) is 0 Å². The second-order valence-corrected chi connectivity index (χ2v) is 8.01. The van der Waals surface area contributed by atoms with Crippen molar-refractivity contribution in [3.63, 3.8) is 0 Å². The molecule has 20 heavy (non-hydrogen) atoms. The second kappa shape index (κ2) is 3.25. The lowest BCUT2D eigenvalue weighted by Crippen LogP contribution is -2.75. The number of piperidine rings is 2. The monoisotopic (exact) mass is 277 g/mol. The number of carbonyl (C=O) groups excluding carboxylic acids is 1. The molecule has 0 aromatic carbocycles. The van der Waals surface area contributed by atoms with Crippen LogP contribution in [0.1, 0.15) is 45.4 Å². The van der Waals surface area contributed by atoms with E-state index in [0.717, 1.165) is 45.2 Å². The van der Waals surface area contributed by atoms with Crippen LogP contribution < -0.4 is 0 Å². The summed E-state index contributed by atoms with van der Waals surface area (Å²) < 4.78 is 5.81. The maximum Gasteiger partial charge on any atom is 0.312 e. The second-order valence-electron chi connectivity index (χ2n) is 8.01. The topological polar surface area (TPSA) is 49.8 Å². The number of fused-ring (bicyclic) bond motifs is 2. The van der Waals surface area contributed by atoms with Crippen LogP contribution in [0.4, 0.5) is 0 Å². The lowest BCUT2D eigenvalue weighted by atomic mass is 9.55. The maximum atomic E-state index is 12.6. The Hall–Kier alpha value is -0.610. The van der Waals surface area contributed by atoms with Gasteiger partial charge in [0.15, 0.2) is 0 Å². The fourth-order valence-electron chi connectivity index (χ4n) is 6.88. The maximum absolute atomic E-state index is 12.6. The van der Waals surface area contributed by atoms with Crippen molar-refractivity contribution in [2.24, 2.45) is 17.3 Å². The molecule has 1 N–H and O–H groups in total. The van der Waals surface area contributed by atoms with Gasteiger partial charge in [-0.2, -0.15) is 0 Å². The molecule has 3 aliphatic heterocycles. The lowest BCUT2D eigenvalue weighted by Gasteiger charge is -2.64. The summed E-state index contributed by atoms with van der Waals surface area (Å²) in [4.78, 5) is 15.1. The van der Waals surface area contributed by atoms with Gasteiger partial charge in [-0.05, 0) is 58.5 Å². The Balaban J connectivity index is 1.78. The van der Waals surface area contributed by atoms with Crippen molar-refractivity contribution in [3.8, 4) is 0 Å². The third-order valence-corrected chi connectivity index (χ3v) is 7.48. The quantitative estimate of drug-likeness (QED) is 0.678. The number of nitrogens with zero attached hydrogens (tertiary/aromatic N) is 1. The minimum absolute atomic E-state index is 0.0368. The molecule has 0 aromatic rings. The first-order valence-electron chi connectivity index (χ1n) is 8.21. The smallest absolute Gasteiger partial charge is 0.312 e. The Kier molecular flexibility index (Phi) is 1.95. The molecule has 0 unspecified atom stereocenters. The van der Waals surface area contributed by atoms with Crippen molar-refractivity contribution in [2.45, 2.75) is 62.7 Å². The Morgan fingerprint density at radius 1 is 1.35 bits per heavy atom. The molecular formula is C16H23NO3. The van der Waals surface area contributed by atoms with Crippen molar-refractivity contribution in [1.82, 2.24) is 4.90 Å². The average molecular weight is 277 g/mol.